The third kappa shape index (κ3) is 3.30. The van der Waals surface area contributed by atoms with Crippen LogP contribution in [0.15, 0.2) is 18.2 Å². The van der Waals surface area contributed by atoms with E-state index in [0.717, 1.165) is 56.5 Å². The summed E-state index contributed by atoms with van der Waals surface area (Å²) in [5, 5.41) is 6.70. The Bertz CT molecular complexity index is 419. The highest BCUT2D eigenvalue weighted by molar-refractivity contribution is 5.55. The number of fused-ring (bicyclic) bond motifs is 1. The SMILES string of the molecule is c1cc2c(cc1NCC1CNCCO1)OCCCO2. The largest absolute Gasteiger partial charge is 0.490 e. The molecular formula is C14H20N2O3. The Morgan fingerprint density at radius 1 is 1.16 bits per heavy atom. The number of ether oxygens (including phenoxy) is 3. The van der Waals surface area contributed by atoms with Crippen LogP contribution in [0.5, 0.6) is 11.5 Å². The average Bonchev–Trinajstić information content (AvgIpc) is 2.71. The summed E-state index contributed by atoms with van der Waals surface area (Å²) in [5.74, 6) is 1.66. The van der Waals surface area contributed by atoms with Gasteiger partial charge in [0.1, 0.15) is 0 Å². The molecule has 1 saturated heterocycles. The van der Waals surface area contributed by atoms with Gasteiger partial charge >= 0.3 is 0 Å². The van der Waals surface area contributed by atoms with Gasteiger partial charge < -0.3 is 24.8 Å². The van der Waals surface area contributed by atoms with Gasteiger partial charge in [-0.2, -0.15) is 0 Å². The lowest BCUT2D eigenvalue weighted by Crippen LogP contribution is -2.42. The average molecular weight is 264 g/mol. The molecule has 1 aromatic carbocycles. The second-order valence-electron chi connectivity index (χ2n) is 4.79. The molecule has 5 heteroatoms. The van der Waals surface area contributed by atoms with Crippen molar-refractivity contribution in [3.05, 3.63) is 18.2 Å². The van der Waals surface area contributed by atoms with Crippen molar-refractivity contribution in [2.24, 2.45) is 0 Å². The maximum atomic E-state index is 5.67. The number of anilines is 1. The van der Waals surface area contributed by atoms with Gasteiger partial charge in [-0.25, -0.2) is 0 Å². The summed E-state index contributed by atoms with van der Waals surface area (Å²) < 4.78 is 16.9. The molecule has 1 atom stereocenters. The summed E-state index contributed by atoms with van der Waals surface area (Å²) >= 11 is 0. The minimum atomic E-state index is 0.227. The van der Waals surface area contributed by atoms with E-state index in [2.05, 4.69) is 10.6 Å². The highest BCUT2D eigenvalue weighted by atomic mass is 16.5. The number of nitrogens with one attached hydrogen (secondary N) is 2. The molecular weight excluding hydrogens is 244 g/mol. The third-order valence-corrected chi connectivity index (χ3v) is 3.29. The standard InChI is InChI=1S/C14H20N2O3/c1-5-18-13-3-2-11(8-14(13)19-6-1)16-10-12-9-15-4-7-17-12/h2-3,8,12,15-16H,1,4-7,9-10H2. The quantitative estimate of drug-likeness (QED) is 0.860. The molecule has 3 rings (SSSR count). The van der Waals surface area contributed by atoms with Gasteiger partial charge in [-0.15, -0.1) is 0 Å². The minimum Gasteiger partial charge on any atom is -0.490 e. The molecule has 104 valence electrons. The summed E-state index contributed by atoms with van der Waals surface area (Å²) in [6.45, 7) is 4.87. The fourth-order valence-corrected chi connectivity index (χ4v) is 2.26. The maximum Gasteiger partial charge on any atom is 0.163 e. The number of benzene rings is 1. The van der Waals surface area contributed by atoms with E-state index in [1.54, 1.807) is 0 Å². The van der Waals surface area contributed by atoms with Crippen molar-refractivity contribution in [2.45, 2.75) is 12.5 Å². The van der Waals surface area contributed by atoms with Gasteiger partial charge in [0.15, 0.2) is 11.5 Å². The summed E-state index contributed by atoms with van der Waals surface area (Å²) in [5.41, 5.74) is 1.04. The van der Waals surface area contributed by atoms with E-state index in [1.807, 2.05) is 18.2 Å². The first-order valence-electron chi connectivity index (χ1n) is 6.88. The molecule has 1 unspecified atom stereocenters. The molecule has 0 radical (unpaired) electrons. The predicted octanol–water partition coefficient (Wildman–Crippen LogP) is 1.25. The first kappa shape index (κ1) is 12.6. The molecule has 0 aliphatic carbocycles. The summed E-state index contributed by atoms with van der Waals surface area (Å²) in [4.78, 5) is 0. The molecule has 0 bridgehead atoms. The predicted molar refractivity (Wildman–Crippen MR) is 73.1 cm³/mol. The van der Waals surface area contributed by atoms with E-state index in [1.165, 1.54) is 0 Å². The zero-order chi connectivity index (χ0) is 12.9. The van der Waals surface area contributed by atoms with Crippen molar-refractivity contribution >= 4 is 5.69 Å². The Balaban J connectivity index is 1.60. The van der Waals surface area contributed by atoms with Crippen LogP contribution in [-0.2, 0) is 4.74 Å². The van der Waals surface area contributed by atoms with Gasteiger partial charge in [-0.1, -0.05) is 0 Å². The molecule has 2 N–H and O–H groups in total. The maximum absolute atomic E-state index is 5.67. The highest BCUT2D eigenvalue weighted by Gasteiger charge is 2.14. The zero-order valence-electron chi connectivity index (χ0n) is 11.0. The van der Waals surface area contributed by atoms with Gasteiger partial charge in [0.25, 0.3) is 0 Å². The lowest BCUT2D eigenvalue weighted by Gasteiger charge is -2.24. The van der Waals surface area contributed by atoms with Gasteiger partial charge in [0.2, 0.25) is 0 Å². The van der Waals surface area contributed by atoms with Crippen LogP contribution in [-0.4, -0.2) is 45.6 Å². The molecule has 0 spiro atoms. The summed E-state index contributed by atoms with van der Waals surface area (Å²) in [6, 6.07) is 5.98. The van der Waals surface area contributed by atoms with Gasteiger partial charge in [-0.3, -0.25) is 0 Å². The monoisotopic (exact) mass is 264 g/mol. The number of morpholine rings is 1. The molecule has 0 amide bonds. The summed E-state index contributed by atoms with van der Waals surface area (Å²) in [6.07, 6.45) is 1.16. The van der Waals surface area contributed by atoms with Crippen LogP contribution in [0.3, 0.4) is 0 Å². The Kier molecular flexibility index (Phi) is 4.05. The van der Waals surface area contributed by atoms with E-state index >= 15 is 0 Å². The number of hydrogen-bond donors (Lipinski definition) is 2. The minimum absolute atomic E-state index is 0.227. The van der Waals surface area contributed by atoms with Crippen LogP contribution >= 0.6 is 0 Å². The lowest BCUT2D eigenvalue weighted by molar-refractivity contribution is 0.0372. The fraction of sp³-hybridized carbons (Fsp3) is 0.571. The van der Waals surface area contributed by atoms with E-state index in [4.69, 9.17) is 14.2 Å². The normalized spacial score (nSPS) is 22.6. The van der Waals surface area contributed by atoms with Crippen molar-refractivity contribution in [1.82, 2.24) is 5.32 Å². The Morgan fingerprint density at radius 3 is 2.89 bits per heavy atom. The second-order valence-corrected chi connectivity index (χ2v) is 4.79. The van der Waals surface area contributed by atoms with E-state index < -0.39 is 0 Å². The molecule has 0 aromatic heterocycles. The van der Waals surface area contributed by atoms with Crippen LogP contribution in [0.1, 0.15) is 6.42 Å². The Hall–Kier alpha value is -1.46. The van der Waals surface area contributed by atoms with Crippen molar-refractivity contribution in [1.29, 1.82) is 0 Å². The van der Waals surface area contributed by atoms with E-state index in [0.29, 0.717) is 6.61 Å². The van der Waals surface area contributed by atoms with Crippen molar-refractivity contribution in [3.8, 4) is 11.5 Å². The first-order valence-corrected chi connectivity index (χ1v) is 6.88. The van der Waals surface area contributed by atoms with Gasteiger partial charge in [0.05, 0.1) is 25.9 Å². The van der Waals surface area contributed by atoms with Crippen LogP contribution in [0, 0.1) is 0 Å². The molecule has 1 aromatic rings. The van der Waals surface area contributed by atoms with Crippen LogP contribution < -0.4 is 20.1 Å². The number of hydrogen-bond acceptors (Lipinski definition) is 5. The molecule has 5 nitrogen and oxygen atoms in total. The molecule has 0 saturated carbocycles. The van der Waals surface area contributed by atoms with Gasteiger partial charge in [0, 0.05) is 37.8 Å². The Labute approximate surface area is 113 Å². The fourth-order valence-electron chi connectivity index (χ4n) is 2.26. The smallest absolute Gasteiger partial charge is 0.163 e. The van der Waals surface area contributed by atoms with E-state index in [9.17, 15) is 0 Å². The topological polar surface area (TPSA) is 51.8 Å². The third-order valence-electron chi connectivity index (χ3n) is 3.29. The molecule has 1 fully saturated rings. The highest BCUT2D eigenvalue weighted by Crippen LogP contribution is 2.32. The Morgan fingerprint density at radius 2 is 2.05 bits per heavy atom. The molecule has 2 heterocycles. The lowest BCUT2D eigenvalue weighted by atomic mass is 10.2. The van der Waals surface area contributed by atoms with Crippen LogP contribution in [0.4, 0.5) is 5.69 Å². The molecule has 2 aliphatic heterocycles. The molecule has 19 heavy (non-hydrogen) atoms. The van der Waals surface area contributed by atoms with Crippen LogP contribution in [0.2, 0.25) is 0 Å². The zero-order valence-corrected chi connectivity index (χ0v) is 11.0. The number of rotatable bonds is 3. The first-order chi connectivity index (χ1) is 9.42. The second kappa shape index (κ2) is 6.12. The van der Waals surface area contributed by atoms with E-state index in [-0.39, 0.29) is 6.10 Å². The van der Waals surface area contributed by atoms with Crippen LogP contribution in [0.25, 0.3) is 0 Å². The van der Waals surface area contributed by atoms with Crippen molar-refractivity contribution in [3.63, 3.8) is 0 Å². The van der Waals surface area contributed by atoms with Gasteiger partial charge in [-0.05, 0) is 12.1 Å². The summed E-state index contributed by atoms with van der Waals surface area (Å²) in [7, 11) is 0. The molecule has 2 aliphatic rings. The van der Waals surface area contributed by atoms with Crippen molar-refractivity contribution < 1.29 is 14.2 Å². The van der Waals surface area contributed by atoms with Crippen molar-refractivity contribution in [2.75, 3.05) is 44.8 Å².